The molecule has 0 rings (SSSR count). The van der Waals surface area contributed by atoms with Crippen LogP contribution in [0.25, 0.3) is 0 Å². The summed E-state index contributed by atoms with van der Waals surface area (Å²) < 4.78 is 23.1. The van der Waals surface area contributed by atoms with Gasteiger partial charge in [0.2, 0.25) is 0 Å². The van der Waals surface area contributed by atoms with E-state index >= 15 is 0 Å². The van der Waals surface area contributed by atoms with E-state index in [4.69, 9.17) is 5.14 Å². The van der Waals surface area contributed by atoms with E-state index < -0.39 is 10.2 Å². The van der Waals surface area contributed by atoms with Crippen LogP contribution in [0.15, 0.2) is 0 Å². The van der Waals surface area contributed by atoms with Crippen molar-refractivity contribution in [2.45, 2.75) is 20.8 Å². The van der Waals surface area contributed by atoms with Gasteiger partial charge in [0, 0.05) is 6.54 Å². The monoisotopic (exact) mass is 180 g/mol. The fourth-order valence-electron chi connectivity index (χ4n) is 0.483. The minimum absolute atomic E-state index is 0.313. The first-order valence-corrected chi connectivity index (χ1v) is 5.15. The van der Waals surface area contributed by atoms with Crippen molar-refractivity contribution >= 4 is 10.2 Å². The highest BCUT2D eigenvalue weighted by Gasteiger charge is 2.09. The van der Waals surface area contributed by atoms with E-state index in [1.807, 2.05) is 20.8 Å². The molecule has 5 heteroatoms. The first-order valence-electron chi connectivity index (χ1n) is 3.60. The maximum Gasteiger partial charge on any atom is 0.274 e. The number of hydrogen-bond donors (Lipinski definition) is 2. The first kappa shape index (κ1) is 10.9. The Bertz CT molecular complexity index is 199. The Morgan fingerprint density at radius 3 is 2.09 bits per heavy atom. The predicted octanol–water partition coefficient (Wildman–Crippen LogP) is 0.0716. The van der Waals surface area contributed by atoms with Gasteiger partial charge in [0.05, 0.1) is 0 Å². The Morgan fingerprint density at radius 2 is 1.82 bits per heavy atom. The van der Waals surface area contributed by atoms with Gasteiger partial charge in [-0.05, 0) is 11.8 Å². The lowest BCUT2D eigenvalue weighted by atomic mass is 9.99. The zero-order chi connectivity index (χ0) is 9.07. The molecule has 4 nitrogen and oxygen atoms in total. The Morgan fingerprint density at radius 1 is 1.36 bits per heavy atom. The highest BCUT2D eigenvalue weighted by molar-refractivity contribution is 7.87. The number of rotatable bonds is 4. The smallest absolute Gasteiger partial charge is 0.216 e. The molecule has 0 aromatic carbocycles. The number of nitrogens with one attached hydrogen (secondary N) is 1. The molecule has 0 aliphatic heterocycles. The molecular weight excluding hydrogens is 164 g/mol. The predicted molar refractivity (Wildman–Crippen MR) is 45.1 cm³/mol. The SMILES string of the molecule is CC(C)C(C)CNS(N)(=O)=O. The lowest BCUT2D eigenvalue weighted by molar-refractivity contribution is 0.415. The van der Waals surface area contributed by atoms with Crippen LogP contribution in [-0.2, 0) is 10.2 Å². The molecule has 3 N–H and O–H groups in total. The molecule has 0 amide bonds. The van der Waals surface area contributed by atoms with E-state index in [-0.39, 0.29) is 0 Å². The highest BCUT2D eigenvalue weighted by atomic mass is 32.2. The van der Waals surface area contributed by atoms with Gasteiger partial charge < -0.3 is 0 Å². The quantitative estimate of drug-likeness (QED) is 0.642. The second kappa shape index (κ2) is 4.04. The van der Waals surface area contributed by atoms with Crippen LogP contribution >= 0.6 is 0 Å². The van der Waals surface area contributed by atoms with Crippen molar-refractivity contribution in [3.05, 3.63) is 0 Å². The third kappa shape index (κ3) is 6.28. The number of hydrogen-bond acceptors (Lipinski definition) is 2. The molecule has 0 aromatic rings. The van der Waals surface area contributed by atoms with Gasteiger partial charge in [-0.15, -0.1) is 0 Å². The van der Waals surface area contributed by atoms with Gasteiger partial charge in [0.15, 0.2) is 0 Å². The molecule has 0 spiro atoms. The molecule has 0 saturated heterocycles. The topological polar surface area (TPSA) is 72.2 Å². The second-order valence-corrected chi connectivity index (χ2v) is 4.49. The minimum atomic E-state index is -3.50. The van der Waals surface area contributed by atoms with Crippen LogP contribution in [0.3, 0.4) is 0 Å². The highest BCUT2D eigenvalue weighted by Crippen LogP contribution is 2.07. The molecule has 0 aromatic heterocycles. The summed E-state index contributed by atoms with van der Waals surface area (Å²) in [5, 5.41) is 4.75. The summed E-state index contributed by atoms with van der Waals surface area (Å²) in [6.07, 6.45) is 0. The molecule has 0 bridgehead atoms. The molecule has 0 radical (unpaired) electrons. The molecule has 0 heterocycles. The zero-order valence-electron chi connectivity index (χ0n) is 7.16. The summed E-state index contributed by atoms with van der Waals surface area (Å²) >= 11 is 0. The van der Waals surface area contributed by atoms with Gasteiger partial charge in [-0.2, -0.15) is 8.42 Å². The summed E-state index contributed by atoms with van der Waals surface area (Å²) in [6.45, 7) is 6.46. The number of nitrogens with two attached hydrogens (primary N) is 1. The van der Waals surface area contributed by atoms with Gasteiger partial charge in [-0.25, -0.2) is 9.86 Å². The summed E-state index contributed by atoms with van der Waals surface area (Å²) in [5.74, 6) is 0.776. The van der Waals surface area contributed by atoms with Crippen molar-refractivity contribution in [3.63, 3.8) is 0 Å². The maximum absolute atomic E-state index is 10.4. The minimum Gasteiger partial charge on any atom is -0.216 e. The van der Waals surface area contributed by atoms with Gasteiger partial charge in [0.25, 0.3) is 10.2 Å². The van der Waals surface area contributed by atoms with Gasteiger partial charge in [-0.3, -0.25) is 0 Å². The summed E-state index contributed by atoms with van der Waals surface area (Å²) in [6, 6.07) is 0. The van der Waals surface area contributed by atoms with E-state index in [0.717, 1.165) is 0 Å². The Hall–Kier alpha value is -0.130. The standard InChI is InChI=1S/C6H16N2O2S/c1-5(2)6(3)4-8-11(7,9)10/h5-6,8H,4H2,1-3H3,(H2,7,9,10). The van der Waals surface area contributed by atoms with Crippen molar-refractivity contribution in [3.8, 4) is 0 Å². The van der Waals surface area contributed by atoms with E-state index in [0.29, 0.717) is 18.4 Å². The molecule has 11 heavy (non-hydrogen) atoms. The van der Waals surface area contributed by atoms with Crippen LogP contribution in [0.4, 0.5) is 0 Å². The van der Waals surface area contributed by atoms with Crippen molar-refractivity contribution < 1.29 is 8.42 Å². The Balaban J connectivity index is 3.72. The molecule has 0 aliphatic rings. The Labute approximate surface area is 68.3 Å². The summed E-state index contributed by atoms with van der Waals surface area (Å²) in [5.41, 5.74) is 0. The van der Waals surface area contributed by atoms with Crippen LogP contribution in [0.1, 0.15) is 20.8 Å². The molecular formula is C6H16N2O2S. The zero-order valence-corrected chi connectivity index (χ0v) is 7.98. The van der Waals surface area contributed by atoms with Crippen LogP contribution < -0.4 is 9.86 Å². The van der Waals surface area contributed by atoms with Crippen LogP contribution in [0.2, 0.25) is 0 Å². The third-order valence-corrected chi connectivity index (χ3v) is 2.31. The van der Waals surface area contributed by atoms with Crippen molar-refractivity contribution in [2.75, 3.05) is 6.54 Å². The van der Waals surface area contributed by atoms with Crippen molar-refractivity contribution in [1.82, 2.24) is 4.72 Å². The van der Waals surface area contributed by atoms with Crippen LogP contribution in [-0.4, -0.2) is 15.0 Å². The molecule has 0 aliphatic carbocycles. The fourth-order valence-corrected chi connectivity index (χ4v) is 0.979. The molecule has 0 fully saturated rings. The lowest BCUT2D eigenvalue weighted by Gasteiger charge is -2.14. The average molecular weight is 180 g/mol. The van der Waals surface area contributed by atoms with Crippen molar-refractivity contribution in [1.29, 1.82) is 0 Å². The summed E-state index contributed by atoms with van der Waals surface area (Å²) in [7, 11) is -3.50. The largest absolute Gasteiger partial charge is 0.274 e. The van der Waals surface area contributed by atoms with E-state index in [9.17, 15) is 8.42 Å². The fraction of sp³-hybridized carbons (Fsp3) is 1.00. The molecule has 0 saturated carbocycles. The van der Waals surface area contributed by atoms with Crippen LogP contribution in [0, 0.1) is 11.8 Å². The van der Waals surface area contributed by atoms with Gasteiger partial charge in [-0.1, -0.05) is 20.8 Å². The van der Waals surface area contributed by atoms with Gasteiger partial charge >= 0.3 is 0 Å². The van der Waals surface area contributed by atoms with Gasteiger partial charge in [0.1, 0.15) is 0 Å². The lowest BCUT2D eigenvalue weighted by Crippen LogP contribution is -2.35. The van der Waals surface area contributed by atoms with E-state index in [1.54, 1.807) is 0 Å². The van der Waals surface area contributed by atoms with Crippen molar-refractivity contribution in [2.24, 2.45) is 17.0 Å². The summed E-state index contributed by atoms with van der Waals surface area (Å²) in [4.78, 5) is 0. The second-order valence-electron chi connectivity index (χ2n) is 3.11. The molecule has 1 atom stereocenters. The Kier molecular flexibility index (Phi) is 3.99. The van der Waals surface area contributed by atoms with E-state index in [2.05, 4.69) is 4.72 Å². The average Bonchev–Trinajstić information content (AvgIpc) is 1.80. The molecule has 1 unspecified atom stereocenters. The van der Waals surface area contributed by atoms with E-state index in [1.165, 1.54) is 0 Å². The normalized spacial score (nSPS) is 15.4. The third-order valence-electron chi connectivity index (χ3n) is 1.74. The first-order chi connectivity index (χ1) is 4.83. The molecule has 68 valence electrons. The maximum atomic E-state index is 10.4. The van der Waals surface area contributed by atoms with Crippen LogP contribution in [0.5, 0.6) is 0 Å².